The van der Waals surface area contributed by atoms with Gasteiger partial charge in [-0.2, -0.15) is 0 Å². The zero-order chi connectivity index (χ0) is 13.0. The Morgan fingerprint density at radius 2 is 1.56 bits per heavy atom. The van der Waals surface area contributed by atoms with Crippen LogP contribution in [-0.2, 0) is 6.42 Å². The average Bonchev–Trinajstić information content (AvgIpc) is 2.84. The number of hydrogen-bond donors (Lipinski definition) is 1. The van der Waals surface area contributed by atoms with Crippen molar-refractivity contribution in [2.24, 2.45) is 0 Å². The summed E-state index contributed by atoms with van der Waals surface area (Å²) in [5, 5.41) is 0. The minimum Gasteiger partial charge on any atom is -0.493 e. The van der Waals surface area contributed by atoms with E-state index in [2.05, 4.69) is 0 Å². The van der Waals surface area contributed by atoms with Crippen LogP contribution in [0.1, 0.15) is 47.1 Å². The summed E-state index contributed by atoms with van der Waals surface area (Å²) in [7, 11) is 0. The summed E-state index contributed by atoms with van der Waals surface area (Å²) in [5.41, 5.74) is 7.63. The van der Waals surface area contributed by atoms with Gasteiger partial charge in [0, 0.05) is 12.1 Å². The van der Waals surface area contributed by atoms with Gasteiger partial charge in [-0.25, -0.2) is 0 Å². The van der Waals surface area contributed by atoms with Crippen molar-refractivity contribution < 1.29 is 4.74 Å². The monoisotopic (exact) mass is 225 g/mol. The highest BCUT2D eigenvalue weighted by Crippen LogP contribution is 2.26. The van der Waals surface area contributed by atoms with Crippen molar-refractivity contribution in [2.45, 2.75) is 48.0 Å². The number of nitrogens with two attached hydrogens (primary N) is 1. The molecule has 94 valence electrons. The highest BCUT2D eigenvalue weighted by Gasteiger charge is 2.10. The molecule has 2 nitrogen and oxygen atoms in total. The zero-order valence-corrected chi connectivity index (χ0v) is 11.6. The molecule has 1 aromatic carbocycles. The highest BCUT2D eigenvalue weighted by atomic mass is 16.5. The number of benzene rings is 1. The maximum absolute atomic E-state index is 5.58. The van der Waals surface area contributed by atoms with Crippen molar-refractivity contribution in [3.8, 4) is 5.75 Å². The Hall–Kier alpha value is -1.18. The first-order chi connectivity index (χ1) is 7.86. The summed E-state index contributed by atoms with van der Waals surface area (Å²) in [4.78, 5) is 0. The molecule has 0 unspecified atom stereocenters. The van der Waals surface area contributed by atoms with Gasteiger partial charge in [0.1, 0.15) is 5.75 Å². The molecule has 1 heterocycles. The van der Waals surface area contributed by atoms with Gasteiger partial charge in [0.05, 0.1) is 6.61 Å². The molecule has 16 heavy (non-hydrogen) atoms. The Morgan fingerprint density at radius 1 is 1.00 bits per heavy atom. The first-order valence-electron chi connectivity index (χ1n) is 6.37. The third-order valence-electron chi connectivity index (χ3n) is 1.71. The van der Waals surface area contributed by atoms with Gasteiger partial charge < -0.3 is 10.5 Å². The molecule has 0 fully saturated rings. The maximum Gasteiger partial charge on any atom is 0.122 e. The van der Waals surface area contributed by atoms with E-state index < -0.39 is 0 Å². The third-order valence-corrected chi connectivity index (χ3v) is 1.71. The largest absolute Gasteiger partial charge is 0.493 e. The summed E-state index contributed by atoms with van der Waals surface area (Å²) in [6.07, 6.45) is 1.00. The van der Waals surface area contributed by atoms with Gasteiger partial charge >= 0.3 is 0 Å². The lowest BCUT2D eigenvalue weighted by Crippen LogP contribution is -1.85. The Labute approximate surface area is 101 Å². The summed E-state index contributed by atoms with van der Waals surface area (Å²) in [5.74, 6) is 0.995. The molecule has 1 aliphatic rings. The van der Waals surface area contributed by atoms with Gasteiger partial charge in [0.2, 0.25) is 0 Å². The van der Waals surface area contributed by atoms with E-state index in [9.17, 15) is 0 Å². The van der Waals surface area contributed by atoms with Gasteiger partial charge in [0.25, 0.3) is 0 Å². The predicted molar refractivity (Wildman–Crippen MR) is 74.1 cm³/mol. The molecule has 2 N–H and O–H groups in total. The van der Waals surface area contributed by atoms with Crippen LogP contribution in [0.4, 0.5) is 5.69 Å². The van der Waals surface area contributed by atoms with E-state index in [1.54, 1.807) is 0 Å². The molecule has 1 aliphatic heterocycles. The Bertz CT molecular complexity index is 259. The summed E-state index contributed by atoms with van der Waals surface area (Å²) in [6.45, 7) is 12.8. The van der Waals surface area contributed by atoms with Crippen molar-refractivity contribution in [3.05, 3.63) is 23.8 Å². The molecule has 0 aromatic heterocycles. The molecule has 0 atom stereocenters. The van der Waals surface area contributed by atoms with Crippen molar-refractivity contribution in [1.82, 2.24) is 0 Å². The number of anilines is 1. The number of ether oxygens (including phenoxy) is 1. The van der Waals surface area contributed by atoms with Crippen LogP contribution in [0.3, 0.4) is 0 Å². The first-order valence-corrected chi connectivity index (χ1v) is 6.37. The van der Waals surface area contributed by atoms with Crippen molar-refractivity contribution in [1.29, 1.82) is 0 Å². The quantitative estimate of drug-likeness (QED) is 0.669. The molecule has 2 heteroatoms. The number of hydrogen-bond acceptors (Lipinski definition) is 2. The van der Waals surface area contributed by atoms with Crippen LogP contribution in [0, 0.1) is 0 Å². The minimum atomic E-state index is 0.804. The van der Waals surface area contributed by atoms with E-state index in [1.807, 2.05) is 59.7 Å². The van der Waals surface area contributed by atoms with Gasteiger partial charge in [0.15, 0.2) is 0 Å². The second-order valence-corrected chi connectivity index (χ2v) is 2.47. The van der Waals surface area contributed by atoms with E-state index in [0.29, 0.717) is 0 Å². The van der Waals surface area contributed by atoms with Crippen LogP contribution in [0.2, 0.25) is 0 Å². The van der Waals surface area contributed by atoms with E-state index in [1.165, 1.54) is 5.56 Å². The van der Waals surface area contributed by atoms with Crippen LogP contribution in [0.15, 0.2) is 18.2 Å². The molecular formula is C14H27NO. The first kappa shape index (κ1) is 17.2. The molecule has 0 spiro atoms. The van der Waals surface area contributed by atoms with Crippen molar-refractivity contribution in [2.75, 3.05) is 12.3 Å². The zero-order valence-electron chi connectivity index (χ0n) is 11.6. The summed E-state index contributed by atoms with van der Waals surface area (Å²) >= 11 is 0. The van der Waals surface area contributed by atoms with Gasteiger partial charge in [-0.1, -0.05) is 41.5 Å². The van der Waals surface area contributed by atoms with Gasteiger partial charge in [-0.05, 0) is 23.8 Å². The molecule has 1 aromatic rings. The van der Waals surface area contributed by atoms with Crippen LogP contribution in [0.5, 0.6) is 5.75 Å². The SMILES string of the molecule is CC.CC.CC.Nc1ccc2c(c1)CCO2. The van der Waals surface area contributed by atoms with Crippen LogP contribution < -0.4 is 10.5 Å². The molecule has 0 aliphatic carbocycles. The van der Waals surface area contributed by atoms with Crippen LogP contribution >= 0.6 is 0 Å². The van der Waals surface area contributed by atoms with E-state index in [-0.39, 0.29) is 0 Å². The lowest BCUT2D eigenvalue weighted by atomic mass is 10.1. The van der Waals surface area contributed by atoms with E-state index >= 15 is 0 Å². The Balaban J connectivity index is 0. The molecule has 0 saturated heterocycles. The lowest BCUT2D eigenvalue weighted by molar-refractivity contribution is 0.357. The second kappa shape index (κ2) is 11.9. The normalized spacial score (nSPS) is 10.1. The molecule has 0 bridgehead atoms. The molecule has 0 saturated carbocycles. The highest BCUT2D eigenvalue weighted by molar-refractivity contribution is 5.49. The number of fused-ring (bicyclic) bond motifs is 1. The molecule has 0 radical (unpaired) electrons. The molecular weight excluding hydrogens is 198 g/mol. The average molecular weight is 225 g/mol. The molecule has 0 amide bonds. The second-order valence-electron chi connectivity index (χ2n) is 2.47. The van der Waals surface area contributed by atoms with Gasteiger partial charge in [-0.15, -0.1) is 0 Å². The van der Waals surface area contributed by atoms with Crippen molar-refractivity contribution >= 4 is 5.69 Å². The lowest BCUT2D eigenvalue weighted by Gasteiger charge is -1.97. The fourth-order valence-corrected chi connectivity index (χ4v) is 1.21. The number of rotatable bonds is 0. The maximum atomic E-state index is 5.58. The van der Waals surface area contributed by atoms with E-state index in [0.717, 1.165) is 24.5 Å². The standard InChI is InChI=1S/C8H9NO.3C2H6/c9-7-1-2-8-6(5-7)3-4-10-8;3*1-2/h1-2,5H,3-4,9H2;3*1-2H3. The smallest absolute Gasteiger partial charge is 0.122 e. The Kier molecular flexibility index (Phi) is 12.8. The third kappa shape index (κ3) is 5.64. The summed E-state index contributed by atoms with van der Waals surface area (Å²) < 4.78 is 5.30. The Morgan fingerprint density at radius 3 is 2.12 bits per heavy atom. The fraction of sp³-hybridized carbons (Fsp3) is 0.571. The minimum absolute atomic E-state index is 0.804. The van der Waals surface area contributed by atoms with Gasteiger partial charge in [-0.3, -0.25) is 0 Å². The van der Waals surface area contributed by atoms with Crippen molar-refractivity contribution in [3.63, 3.8) is 0 Å². The fourth-order valence-electron chi connectivity index (χ4n) is 1.21. The molecule has 2 rings (SSSR count). The summed E-state index contributed by atoms with van der Waals surface area (Å²) in [6, 6.07) is 5.77. The van der Waals surface area contributed by atoms with E-state index in [4.69, 9.17) is 10.5 Å². The topological polar surface area (TPSA) is 35.2 Å². The predicted octanol–water partition coefficient (Wildman–Crippen LogP) is 4.28. The van der Waals surface area contributed by atoms with Crippen LogP contribution in [-0.4, -0.2) is 6.61 Å². The van der Waals surface area contributed by atoms with Crippen LogP contribution in [0.25, 0.3) is 0 Å². The number of nitrogen functional groups attached to an aromatic ring is 1.